The zero-order valence-corrected chi connectivity index (χ0v) is 11.3. The average molecular weight is 281 g/mol. The van der Waals surface area contributed by atoms with Crippen molar-refractivity contribution in [2.75, 3.05) is 13.1 Å². The molecule has 3 saturated heterocycles. The van der Waals surface area contributed by atoms with Gasteiger partial charge in [-0.15, -0.1) is 12.4 Å². The maximum Gasteiger partial charge on any atom is 0.116 e. The largest absolute Gasteiger partial charge is 0.508 e. The van der Waals surface area contributed by atoms with Gasteiger partial charge in [-0.1, -0.05) is 17.3 Å². The second-order valence-corrected chi connectivity index (χ2v) is 4.87. The van der Waals surface area contributed by atoms with E-state index in [-0.39, 0.29) is 18.2 Å². The van der Waals surface area contributed by atoms with Gasteiger partial charge in [-0.3, -0.25) is 0 Å². The number of oxime groups is 1. The van der Waals surface area contributed by atoms with E-state index in [1.54, 1.807) is 12.1 Å². The Hall–Kier alpha value is -1.68. The highest BCUT2D eigenvalue weighted by Gasteiger charge is 2.35. The molecule has 0 unspecified atom stereocenters. The van der Waals surface area contributed by atoms with Crippen LogP contribution in [0.3, 0.4) is 0 Å². The number of aromatic hydroxyl groups is 1. The first-order valence-corrected chi connectivity index (χ1v) is 6.26. The van der Waals surface area contributed by atoms with Crippen molar-refractivity contribution in [1.82, 2.24) is 4.90 Å². The van der Waals surface area contributed by atoms with Crippen molar-refractivity contribution in [1.29, 1.82) is 0 Å². The number of allylic oxidation sites excluding steroid dienone is 1. The van der Waals surface area contributed by atoms with Crippen molar-refractivity contribution in [2.24, 2.45) is 11.1 Å². The van der Waals surface area contributed by atoms with E-state index in [4.69, 9.17) is 0 Å². The highest BCUT2D eigenvalue weighted by atomic mass is 35.5. The lowest BCUT2D eigenvalue weighted by Crippen LogP contribution is -2.46. The summed E-state index contributed by atoms with van der Waals surface area (Å²) in [6, 6.07) is 7.11. The minimum Gasteiger partial charge on any atom is -0.508 e. The van der Waals surface area contributed by atoms with Gasteiger partial charge >= 0.3 is 0 Å². The van der Waals surface area contributed by atoms with E-state index >= 15 is 0 Å². The highest BCUT2D eigenvalue weighted by molar-refractivity contribution is 6.05. The summed E-state index contributed by atoms with van der Waals surface area (Å²) >= 11 is 0. The van der Waals surface area contributed by atoms with E-state index in [0.29, 0.717) is 5.92 Å². The van der Waals surface area contributed by atoms with Gasteiger partial charge in [0.25, 0.3) is 0 Å². The van der Waals surface area contributed by atoms with Gasteiger partial charge in [0.05, 0.1) is 5.70 Å². The fourth-order valence-electron chi connectivity index (χ4n) is 2.84. The standard InChI is InChI=1S/C14H16N2O2.ClH/c17-12-3-1-2-10(8-12)9-13-14(15-18)11-4-6-16(13)7-5-11;/h1-3,8-9,11,17-18H,4-7H2;1H/b13-9+,15-14+;. The van der Waals surface area contributed by atoms with Crippen molar-refractivity contribution in [3.05, 3.63) is 35.5 Å². The van der Waals surface area contributed by atoms with E-state index in [1.807, 2.05) is 18.2 Å². The lowest BCUT2D eigenvalue weighted by atomic mass is 9.83. The second-order valence-electron chi connectivity index (χ2n) is 4.87. The zero-order valence-electron chi connectivity index (χ0n) is 10.5. The Bertz CT molecular complexity index is 520. The Kier molecular flexibility index (Phi) is 4.00. The van der Waals surface area contributed by atoms with Crippen molar-refractivity contribution in [2.45, 2.75) is 12.8 Å². The minimum absolute atomic E-state index is 0. The van der Waals surface area contributed by atoms with E-state index in [0.717, 1.165) is 42.9 Å². The molecule has 3 fully saturated rings. The molecule has 0 aromatic heterocycles. The van der Waals surface area contributed by atoms with Crippen molar-refractivity contribution in [3.8, 4) is 5.75 Å². The Balaban J connectivity index is 0.00000133. The van der Waals surface area contributed by atoms with Gasteiger partial charge < -0.3 is 15.2 Å². The number of benzene rings is 1. The molecule has 5 heteroatoms. The van der Waals surface area contributed by atoms with Crippen molar-refractivity contribution >= 4 is 24.2 Å². The molecule has 1 aromatic carbocycles. The fourth-order valence-corrected chi connectivity index (χ4v) is 2.84. The number of phenols is 1. The van der Waals surface area contributed by atoms with Gasteiger partial charge in [-0.2, -0.15) is 0 Å². The molecule has 0 radical (unpaired) electrons. The first-order chi connectivity index (χ1) is 8.78. The van der Waals surface area contributed by atoms with Crippen LogP contribution in [0.2, 0.25) is 0 Å². The molecule has 3 aliphatic heterocycles. The number of nitrogens with zero attached hydrogens (tertiary/aromatic N) is 2. The first kappa shape index (κ1) is 13.7. The summed E-state index contributed by atoms with van der Waals surface area (Å²) in [5.41, 5.74) is 2.71. The summed E-state index contributed by atoms with van der Waals surface area (Å²) in [6.07, 6.45) is 4.12. The van der Waals surface area contributed by atoms with E-state index in [1.165, 1.54) is 0 Å². The Morgan fingerprint density at radius 3 is 2.63 bits per heavy atom. The van der Waals surface area contributed by atoms with Gasteiger partial charge in [0.15, 0.2) is 0 Å². The van der Waals surface area contributed by atoms with Crippen LogP contribution >= 0.6 is 12.4 Å². The number of hydrogen-bond donors (Lipinski definition) is 2. The van der Waals surface area contributed by atoms with Crippen LogP contribution in [-0.2, 0) is 0 Å². The van der Waals surface area contributed by atoms with Gasteiger partial charge in [0.1, 0.15) is 11.5 Å². The molecular formula is C14H17ClN2O2. The molecule has 0 aliphatic carbocycles. The number of piperidine rings is 3. The molecule has 0 atom stereocenters. The van der Waals surface area contributed by atoms with Crippen LogP contribution in [0.4, 0.5) is 0 Å². The molecule has 0 amide bonds. The van der Waals surface area contributed by atoms with Gasteiger partial charge in [0, 0.05) is 19.0 Å². The normalized spacial score (nSPS) is 22.8. The summed E-state index contributed by atoms with van der Waals surface area (Å²) in [4.78, 5) is 2.25. The second kappa shape index (κ2) is 5.53. The lowest BCUT2D eigenvalue weighted by molar-refractivity contribution is 0.229. The van der Waals surface area contributed by atoms with Crippen LogP contribution in [0.15, 0.2) is 35.1 Å². The maximum atomic E-state index is 9.48. The third-order valence-corrected chi connectivity index (χ3v) is 3.77. The van der Waals surface area contributed by atoms with Crippen LogP contribution in [0.1, 0.15) is 18.4 Å². The number of phenolic OH excluding ortho intramolecular Hbond substituents is 1. The van der Waals surface area contributed by atoms with Crippen LogP contribution in [0, 0.1) is 5.92 Å². The minimum atomic E-state index is 0. The quantitative estimate of drug-likeness (QED) is 0.614. The molecule has 2 N–H and O–H groups in total. The molecule has 3 aliphatic rings. The van der Waals surface area contributed by atoms with E-state index < -0.39 is 0 Å². The molecule has 0 saturated carbocycles. The predicted molar refractivity (Wildman–Crippen MR) is 76.9 cm³/mol. The predicted octanol–water partition coefficient (Wildman–Crippen LogP) is 2.71. The SMILES string of the molecule is Cl.O/N=C1/C(=C\c2cccc(O)c2)N2CCC1CC2. The van der Waals surface area contributed by atoms with Crippen molar-refractivity contribution < 1.29 is 10.3 Å². The number of hydrogen-bond acceptors (Lipinski definition) is 4. The summed E-state index contributed by atoms with van der Waals surface area (Å²) in [6.45, 7) is 2.04. The fraction of sp³-hybridized carbons (Fsp3) is 0.357. The Morgan fingerprint density at radius 2 is 2.00 bits per heavy atom. The van der Waals surface area contributed by atoms with Crippen LogP contribution in [0.5, 0.6) is 5.75 Å². The maximum absolute atomic E-state index is 9.48. The van der Waals surface area contributed by atoms with Crippen LogP contribution < -0.4 is 0 Å². The Morgan fingerprint density at radius 1 is 1.26 bits per heavy atom. The topological polar surface area (TPSA) is 56.1 Å². The molecule has 3 heterocycles. The number of fused-ring (bicyclic) bond motifs is 3. The molecular weight excluding hydrogens is 264 g/mol. The summed E-state index contributed by atoms with van der Waals surface area (Å²) < 4.78 is 0. The lowest BCUT2D eigenvalue weighted by Gasteiger charge is -2.42. The monoisotopic (exact) mass is 280 g/mol. The smallest absolute Gasteiger partial charge is 0.116 e. The average Bonchev–Trinajstić information content (AvgIpc) is 2.40. The zero-order chi connectivity index (χ0) is 12.5. The van der Waals surface area contributed by atoms with E-state index in [9.17, 15) is 10.3 Å². The molecule has 19 heavy (non-hydrogen) atoms. The molecule has 4 nitrogen and oxygen atoms in total. The van der Waals surface area contributed by atoms with Gasteiger partial charge in [0.2, 0.25) is 0 Å². The first-order valence-electron chi connectivity index (χ1n) is 6.26. The summed E-state index contributed by atoms with van der Waals surface area (Å²) in [7, 11) is 0. The molecule has 2 bridgehead atoms. The molecule has 1 aromatic rings. The van der Waals surface area contributed by atoms with Gasteiger partial charge in [-0.25, -0.2) is 0 Å². The van der Waals surface area contributed by atoms with Crippen molar-refractivity contribution in [3.63, 3.8) is 0 Å². The Labute approximate surface area is 118 Å². The molecule has 102 valence electrons. The number of halogens is 1. The van der Waals surface area contributed by atoms with Crippen LogP contribution in [-0.4, -0.2) is 34.0 Å². The third-order valence-electron chi connectivity index (χ3n) is 3.77. The van der Waals surface area contributed by atoms with Gasteiger partial charge in [-0.05, 0) is 36.6 Å². The molecule has 0 spiro atoms. The summed E-state index contributed by atoms with van der Waals surface area (Å²) in [5, 5.41) is 22.1. The van der Waals surface area contributed by atoms with E-state index in [2.05, 4.69) is 10.1 Å². The number of rotatable bonds is 1. The molecule has 4 rings (SSSR count). The highest BCUT2D eigenvalue weighted by Crippen LogP contribution is 2.33. The third kappa shape index (κ3) is 2.54. The summed E-state index contributed by atoms with van der Waals surface area (Å²) in [5.74, 6) is 0.631. The van der Waals surface area contributed by atoms with Crippen LogP contribution in [0.25, 0.3) is 6.08 Å².